The van der Waals surface area contributed by atoms with Gasteiger partial charge in [-0.3, -0.25) is 0 Å². The summed E-state index contributed by atoms with van der Waals surface area (Å²) in [5.41, 5.74) is 1.39. The van der Waals surface area contributed by atoms with Crippen LogP contribution >= 0.6 is 0 Å². The SMILES string of the molecule is [H-].[Li+].c1ccc(N2CCCCC2)cc1. The van der Waals surface area contributed by atoms with E-state index < -0.39 is 0 Å². The first-order chi connectivity index (χ1) is 5.97. The summed E-state index contributed by atoms with van der Waals surface area (Å²) in [6, 6.07) is 10.7. The number of piperidine rings is 1. The number of para-hydroxylation sites is 1. The van der Waals surface area contributed by atoms with Crippen molar-refractivity contribution in [2.75, 3.05) is 18.0 Å². The predicted octanol–water partition coefficient (Wildman–Crippen LogP) is -0.207. The zero-order valence-electron chi connectivity index (χ0n) is 9.37. The molecule has 1 saturated heterocycles. The minimum Gasteiger partial charge on any atom is -1.00 e. The van der Waals surface area contributed by atoms with Gasteiger partial charge in [0.1, 0.15) is 0 Å². The summed E-state index contributed by atoms with van der Waals surface area (Å²) in [7, 11) is 0. The van der Waals surface area contributed by atoms with E-state index in [1.54, 1.807) is 0 Å². The van der Waals surface area contributed by atoms with E-state index in [2.05, 4.69) is 35.2 Å². The fourth-order valence-electron chi connectivity index (χ4n) is 1.79. The number of nitrogens with zero attached hydrogens (tertiary/aromatic N) is 1. The van der Waals surface area contributed by atoms with Crippen LogP contribution < -0.4 is 23.8 Å². The summed E-state index contributed by atoms with van der Waals surface area (Å²) < 4.78 is 0. The second-order valence-corrected chi connectivity index (χ2v) is 3.38. The zero-order chi connectivity index (χ0) is 8.23. The van der Waals surface area contributed by atoms with Gasteiger partial charge in [-0.2, -0.15) is 0 Å². The number of benzene rings is 1. The molecule has 1 aromatic carbocycles. The topological polar surface area (TPSA) is 3.24 Å². The van der Waals surface area contributed by atoms with Gasteiger partial charge in [-0.25, -0.2) is 0 Å². The van der Waals surface area contributed by atoms with Gasteiger partial charge in [-0.15, -0.1) is 0 Å². The molecule has 2 heteroatoms. The summed E-state index contributed by atoms with van der Waals surface area (Å²) in [6.45, 7) is 2.48. The van der Waals surface area contributed by atoms with Crippen molar-refractivity contribution in [1.29, 1.82) is 0 Å². The Kier molecular flexibility index (Phi) is 4.42. The van der Waals surface area contributed by atoms with E-state index in [1.165, 1.54) is 38.0 Å². The predicted molar refractivity (Wildman–Crippen MR) is 53.6 cm³/mol. The van der Waals surface area contributed by atoms with Crippen molar-refractivity contribution in [2.24, 2.45) is 0 Å². The van der Waals surface area contributed by atoms with Crippen molar-refractivity contribution in [3.63, 3.8) is 0 Å². The molecule has 1 fully saturated rings. The van der Waals surface area contributed by atoms with Gasteiger partial charge in [0.15, 0.2) is 0 Å². The molecule has 2 rings (SSSR count). The molecule has 1 aromatic rings. The summed E-state index contributed by atoms with van der Waals surface area (Å²) in [5.74, 6) is 0. The fourth-order valence-corrected chi connectivity index (χ4v) is 1.79. The summed E-state index contributed by atoms with van der Waals surface area (Å²) in [4.78, 5) is 2.48. The molecule has 1 nitrogen and oxygen atoms in total. The number of hydrogen-bond donors (Lipinski definition) is 0. The van der Waals surface area contributed by atoms with E-state index >= 15 is 0 Å². The molecule has 0 radical (unpaired) electrons. The molecule has 0 bridgehead atoms. The molecule has 0 amide bonds. The molecular formula is C11H16LiN. The maximum absolute atomic E-state index is 2.48. The van der Waals surface area contributed by atoms with E-state index in [9.17, 15) is 0 Å². The Morgan fingerprint density at radius 3 is 2.15 bits per heavy atom. The van der Waals surface area contributed by atoms with Crippen LogP contribution in [-0.4, -0.2) is 13.1 Å². The molecule has 1 aliphatic rings. The minimum absolute atomic E-state index is 0. The van der Waals surface area contributed by atoms with Gasteiger partial charge in [0.25, 0.3) is 0 Å². The van der Waals surface area contributed by atoms with Crippen LogP contribution in [0.4, 0.5) is 5.69 Å². The van der Waals surface area contributed by atoms with E-state index in [0.717, 1.165) is 0 Å². The third-order valence-corrected chi connectivity index (χ3v) is 2.48. The van der Waals surface area contributed by atoms with Gasteiger partial charge in [0.2, 0.25) is 0 Å². The zero-order valence-corrected chi connectivity index (χ0v) is 8.37. The Morgan fingerprint density at radius 2 is 1.54 bits per heavy atom. The average molecular weight is 169 g/mol. The quantitative estimate of drug-likeness (QED) is 0.526. The monoisotopic (exact) mass is 169 g/mol. The summed E-state index contributed by atoms with van der Waals surface area (Å²) in [6.07, 6.45) is 4.12. The Balaban J connectivity index is 0.000000845. The van der Waals surface area contributed by atoms with Crippen LogP contribution in [0.5, 0.6) is 0 Å². The molecular weight excluding hydrogens is 153 g/mol. The van der Waals surface area contributed by atoms with Gasteiger partial charge in [0.05, 0.1) is 0 Å². The van der Waals surface area contributed by atoms with E-state index in [1.807, 2.05) is 0 Å². The standard InChI is InChI=1S/C11H15N.Li.H/c1-3-7-11(8-4-1)12-9-5-2-6-10-12;;/h1,3-4,7-8H,2,5-6,9-10H2;;/q;+1;-1. The second kappa shape index (κ2) is 5.37. The van der Waals surface area contributed by atoms with Gasteiger partial charge >= 0.3 is 18.9 Å². The average Bonchev–Trinajstić information content (AvgIpc) is 2.21. The van der Waals surface area contributed by atoms with Crippen LogP contribution in [0.1, 0.15) is 20.7 Å². The Bertz CT molecular complexity index is 234. The number of hydrogen-bond acceptors (Lipinski definition) is 1. The van der Waals surface area contributed by atoms with E-state index in [0.29, 0.717) is 0 Å². The summed E-state index contributed by atoms with van der Waals surface area (Å²) >= 11 is 0. The normalized spacial score (nSPS) is 16.5. The molecule has 0 aliphatic carbocycles. The van der Waals surface area contributed by atoms with Crippen molar-refractivity contribution >= 4 is 5.69 Å². The van der Waals surface area contributed by atoms with Gasteiger partial charge in [0, 0.05) is 18.8 Å². The van der Waals surface area contributed by atoms with Crippen molar-refractivity contribution < 1.29 is 20.3 Å². The molecule has 0 unspecified atom stereocenters. The van der Waals surface area contributed by atoms with Crippen molar-refractivity contribution in [3.05, 3.63) is 30.3 Å². The van der Waals surface area contributed by atoms with E-state index in [-0.39, 0.29) is 20.3 Å². The third kappa shape index (κ3) is 2.79. The molecule has 13 heavy (non-hydrogen) atoms. The molecule has 1 heterocycles. The molecule has 0 saturated carbocycles. The van der Waals surface area contributed by atoms with Crippen LogP contribution in [0.25, 0.3) is 0 Å². The first kappa shape index (κ1) is 10.7. The Labute approximate surface area is 93.8 Å². The second-order valence-electron chi connectivity index (χ2n) is 3.38. The van der Waals surface area contributed by atoms with Crippen LogP contribution in [-0.2, 0) is 0 Å². The maximum atomic E-state index is 2.48. The maximum Gasteiger partial charge on any atom is 1.00 e. The van der Waals surface area contributed by atoms with Crippen molar-refractivity contribution in [1.82, 2.24) is 0 Å². The van der Waals surface area contributed by atoms with Gasteiger partial charge < -0.3 is 6.33 Å². The van der Waals surface area contributed by atoms with Crippen molar-refractivity contribution in [3.8, 4) is 0 Å². The minimum atomic E-state index is 0. The van der Waals surface area contributed by atoms with Crippen LogP contribution in [0, 0.1) is 0 Å². The first-order valence-corrected chi connectivity index (χ1v) is 4.77. The van der Waals surface area contributed by atoms with Crippen LogP contribution in [0.3, 0.4) is 0 Å². The molecule has 0 N–H and O–H groups in total. The molecule has 66 valence electrons. The van der Waals surface area contributed by atoms with Gasteiger partial charge in [-0.05, 0) is 31.4 Å². The Hall–Kier alpha value is -0.383. The molecule has 1 aliphatic heterocycles. The van der Waals surface area contributed by atoms with Crippen LogP contribution in [0.2, 0.25) is 0 Å². The number of rotatable bonds is 1. The third-order valence-electron chi connectivity index (χ3n) is 2.48. The van der Waals surface area contributed by atoms with Crippen molar-refractivity contribution in [2.45, 2.75) is 19.3 Å². The largest absolute Gasteiger partial charge is 1.00 e. The first-order valence-electron chi connectivity index (χ1n) is 4.77. The number of anilines is 1. The van der Waals surface area contributed by atoms with Crippen LogP contribution in [0.15, 0.2) is 30.3 Å². The molecule has 0 spiro atoms. The Morgan fingerprint density at radius 1 is 0.923 bits per heavy atom. The smallest absolute Gasteiger partial charge is 1.00 e. The summed E-state index contributed by atoms with van der Waals surface area (Å²) in [5, 5.41) is 0. The van der Waals surface area contributed by atoms with Gasteiger partial charge in [-0.1, -0.05) is 18.2 Å². The molecule has 0 aromatic heterocycles. The van der Waals surface area contributed by atoms with E-state index in [4.69, 9.17) is 0 Å². The molecule has 0 atom stereocenters. The fraction of sp³-hybridized carbons (Fsp3) is 0.455.